The summed E-state index contributed by atoms with van der Waals surface area (Å²) in [6.45, 7) is 6.05. The topological polar surface area (TPSA) is 77.1 Å². The number of carbonyl (C=O) groups excluding carboxylic acids is 2. The molecule has 2 aromatic carbocycles. The van der Waals surface area contributed by atoms with Crippen LogP contribution in [0.25, 0.3) is 0 Å². The number of amides is 2. The minimum atomic E-state index is -0.755. The van der Waals surface area contributed by atoms with Gasteiger partial charge in [0.15, 0.2) is 0 Å². The molecule has 0 saturated carbocycles. The van der Waals surface area contributed by atoms with Crippen molar-refractivity contribution in [2.45, 2.75) is 63.5 Å². The zero-order valence-electron chi connectivity index (χ0n) is 20.6. The Hall–Kier alpha value is -2.97. The second-order valence-electron chi connectivity index (χ2n) is 10.0. The summed E-state index contributed by atoms with van der Waals surface area (Å²) >= 11 is 0. The molecule has 1 N–H and O–H groups in total. The van der Waals surface area contributed by atoms with Gasteiger partial charge < -0.3 is 24.4 Å². The second-order valence-corrected chi connectivity index (χ2v) is 10.0. The lowest BCUT2D eigenvalue weighted by Crippen LogP contribution is -2.56. The van der Waals surface area contributed by atoms with Crippen LogP contribution in [0.2, 0.25) is 0 Å². The summed E-state index contributed by atoms with van der Waals surface area (Å²) in [5.41, 5.74) is 2.38. The van der Waals surface area contributed by atoms with Crippen molar-refractivity contribution in [3.8, 4) is 0 Å². The van der Waals surface area contributed by atoms with Gasteiger partial charge in [0.25, 0.3) is 5.91 Å². The van der Waals surface area contributed by atoms with Gasteiger partial charge >= 0.3 is 6.09 Å². The Morgan fingerprint density at radius 1 is 1.11 bits per heavy atom. The standard InChI is InChI=1S/C27H33FN2O5/c1-27(2,3)35-26(32)29-21-15-22(34-16-23(21)33-4)25(31)30-14-13-17-7-5-6-8-20(17)24(30)18-9-11-19(28)12-10-18/h5-12,21-24H,13-16H2,1-4H3,(H,29,32)/t21-,22-,23-,24+/m1/s1. The number of nitrogens with one attached hydrogen (secondary N) is 1. The predicted molar refractivity (Wildman–Crippen MR) is 128 cm³/mol. The van der Waals surface area contributed by atoms with E-state index in [0.717, 1.165) is 11.1 Å². The van der Waals surface area contributed by atoms with Crippen molar-refractivity contribution in [2.24, 2.45) is 0 Å². The molecule has 2 amide bonds. The molecule has 2 aliphatic rings. The van der Waals surface area contributed by atoms with Crippen LogP contribution in [0.15, 0.2) is 48.5 Å². The third-order valence-electron chi connectivity index (χ3n) is 6.41. The Morgan fingerprint density at radius 2 is 1.83 bits per heavy atom. The first-order valence-electron chi connectivity index (χ1n) is 11.9. The third kappa shape index (κ3) is 5.82. The lowest BCUT2D eigenvalue weighted by molar-refractivity contribution is -0.157. The van der Waals surface area contributed by atoms with E-state index in [1.165, 1.54) is 17.7 Å². The average molecular weight is 485 g/mol. The van der Waals surface area contributed by atoms with Crippen molar-refractivity contribution in [1.82, 2.24) is 10.2 Å². The molecule has 0 radical (unpaired) electrons. The predicted octanol–water partition coefficient (Wildman–Crippen LogP) is 4.00. The van der Waals surface area contributed by atoms with E-state index >= 15 is 0 Å². The van der Waals surface area contributed by atoms with E-state index < -0.39 is 29.9 Å². The number of carbonyl (C=O) groups is 2. The number of methoxy groups -OCH3 is 1. The highest BCUT2D eigenvalue weighted by Crippen LogP contribution is 2.36. The van der Waals surface area contributed by atoms with E-state index in [0.29, 0.717) is 13.0 Å². The van der Waals surface area contributed by atoms with Gasteiger partial charge in [0.05, 0.1) is 18.7 Å². The number of halogens is 1. The number of hydrogen-bond donors (Lipinski definition) is 1. The fourth-order valence-electron chi connectivity index (χ4n) is 4.79. The van der Waals surface area contributed by atoms with Crippen molar-refractivity contribution in [2.75, 3.05) is 20.3 Å². The lowest BCUT2D eigenvalue weighted by atomic mass is 9.87. The molecule has 0 spiro atoms. The first-order chi connectivity index (χ1) is 16.7. The van der Waals surface area contributed by atoms with Crippen LogP contribution in [0, 0.1) is 5.82 Å². The number of rotatable bonds is 4. The molecule has 0 aliphatic carbocycles. The van der Waals surface area contributed by atoms with Crippen molar-refractivity contribution < 1.29 is 28.2 Å². The maximum atomic E-state index is 13.8. The van der Waals surface area contributed by atoms with Crippen molar-refractivity contribution in [3.05, 3.63) is 71.0 Å². The molecule has 2 aliphatic heterocycles. The molecule has 7 nitrogen and oxygen atoms in total. The minimum absolute atomic E-state index is 0.166. The monoisotopic (exact) mass is 484 g/mol. The molecular weight excluding hydrogens is 451 g/mol. The number of benzene rings is 2. The van der Waals surface area contributed by atoms with Crippen LogP contribution in [0.1, 0.15) is 49.9 Å². The number of ether oxygens (including phenoxy) is 3. The number of alkyl carbamates (subject to hydrolysis) is 1. The molecule has 2 heterocycles. The molecule has 0 bridgehead atoms. The third-order valence-corrected chi connectivity index (χ3v) is 6.41. The van der Waals surface area contributed by atoms with Crippen molar-refractivity contribution in [1.29, 1.82) is 0 Å². The smallest absolute Gasteiger partial charge is 0.407 e. The Bertz CT molecular complexity index is 1050. The molecule has 4 atom stereocenters. The van der Waals surface area contributed by atoms with Gasteiger partial charge in [-0.3, -0.25) is 4.79 Å². The Balaban J connectivity index is 1.57. The van der Waals surface area contributed by atoms with Crippen molar-refractivity contribution in [3.63, 3.8) is 0 Å². The van der Waals surface area contributed by atoms with Crippen LogP contribution in [-0.4, -0.2) is 61.0 Å². The molecule has 8 heteroatoms. The highest BCUT2D eigenvalue weighted by atomic mass is 19.1. The summed E-state index contributed by atoms with van der Waals surface area (Å²) in [5, 5.41) is 2.85. The van der Waals surface area contributed by atoms with E-state index in [1.54, 1.807) is 44.9 Å². The van der Waals surface area contributed by atoms with Gasteiger partial charge in [-0.25, -0.2) is 9.18 Å². The van der Waals surface area contributed by atoms with E-state index in [2.05, 4.69) is 11.4 Å². The van der Waals surface area contributed by atoms with E-state index in [9.17, 15) is 14.0 Å². The minimum Gasteiger partial charge on any atom is -0.444 e. The quantitative estimate of drug-likeness (QED) is 0.710. The Kier molecular flexibility index (Phi) is 7.42. The van der Waals surface area contributed by atoms with Gasteiger partial charge in [-0.2, -0.15) is 0 Å². The molecule has 4 rings (SSSR count). The van der Waals surface area contributed by atoms with Gasteiger partial charge in [0.2, 0.25) is 0 Å². The summed E-state index contributed by atoms with van der Waals surface area (Å²) in [6.07, 6.45) is -0.748. The van der Waals surface area contributed by atoms with Crippen LogP contribution in [0.4, 0.5) is 9.18 Å². The number of nitrogens with zero attached hydrogens (tertiary/aromatic N) is 1. The summed E-state index contributed by atoms with van der Waals surface area (Å²) in [7, 11) is 1.55. The maximum Gasteiger partial charge on any atom is 0.407 e. The van der Waals surface area contributed by atoms with Gasteiger partial charge in [-0.05, 0) is 56.0 Å². The Morgan fingerprint density at radius 3 is 2.51 bits per heavy atom. The molecule has 1 fully saturated rings. The second kappa shape index (κ2) is 10.3. The van der Waals surface area contributed by atoms with Crippen LogP contribution in [0.5, 0.6) is 0 Å². The fraction of sp³-hybridized carbons (Fsp3) is 0.481. The van der Waals surface area contributed by atoms with Crippen molar-refractivity contribution >= 4 is 12.0 Å². The number of fused-ring (bicyclic) bond motifs is 1. The SMILES string of the molecule is CO[C@@H]1CO[C@@H](C(=O)N2CCc3ccccc3[C@@H]2c2ccc(F)cc2)C[C@H]1NC(=O)OC(C)(C)C. The van der Waals surface area contributed by atoms with Gasteiger partial charge in [-0.15, -0.1) is 0 Å². The largest absolute Gasteiger partial charge is 0.444 e. The normalized spacial score (nSPS) is 24.4. The maximum absolute atomic E-state index is 13.8. The van der Waals surface area contributed by atoms with Crippen LogP contribution in [-0.2, 0) is 25.4 Å². The lowest BCUT2D eigenvalue weighted by Gasteiger charge is -2.42. The summed E-state index contributed by atoms with van der Waals surface area (Å²) in [6, 6.07) is 13.5. The molecule has 0 aromatic heterocycles. The zero-order valence-corrected chi connectivity index (χ0v) is 20.6. The van der Waals surface area contributed by atoms with Crippen LogP contribution < -0.4 is 5.32 Å². The summed E-state index contributed by atoms with van der Waals surface area (Å²) < 4.78 is 30.5. The molecule has 2 aromatic rings. The van der Waals surface area contributed by atoms with Crippen LogP contribution in [0.3, 0.4) is 0 Å². The van der Waals surface area contributed by atoms with Gasteiger partial charge in [-0.1, -0.05) is 36.4 Å². The van der Waals surface area contributed by atoms with Gasteiger partial charge in [0.1, 0.15) is 23.6 Å². The highest BCUT2D eigenvalue weighted by molar-refractivity contribution is 5.82. The van der Waals surface area contributed by atoms with E-state index in [4.69, 9.17) is 14.2 Å². The highest BCUT2D eigenvalue weighted by Gasteiger charge is 2.41. The van der Waals surface area contributed by atoms with E-state index in [-0.39, 0.29) is 30.8 Å². The first-order valence-corrected chi connectivity index (χ1v) is 11.9. The summed E-state index contributed by atoms with van der Waals surface area (Å²) in [4.78, 5) is 28.0. The number of hydrogen-bond acceptors (Lipinski definition) is 5. The molecule has 35 heavy (non-hydrogen) atoms. The van der Waals surface area contributed by atoms with Gasteiger partial charge in [0, 0.05) is 20.1 Å². The summed E-state index contributed by atoms with van der Waals surface area (Å²) in [5.74, 6) is -0.493. The van der Waals surface area contributed by atoms with Crippen LogP contribution >= 0.6 is 0 Å². The zero-order chi connectivity index (χ0) is 25.2. The Labute approximate surface area is 205 Å². The molecule has 0 unspecified atom stereocenters. The molecular formula is C27H33FN2O5. The average Bonchev–Trinajstić information content (AvgIpc) is 2.82. The molecule has 1 saturated heterocycles. The molecule has 188 valence electrons. The first kappa shape index (κ1) is 25.1. The fourth-order valence-corrected chi connectivity index (χ4v) is 4.79. The van der Waals surface area contributed by atoms with E-state index in [1.807, 2.05) is 18.2 Å².